The van der Waals surface area contributed by atoms with Crippen molar-refractivity contribution in [3.05, 3.63) is 80.8 Å². The van der Waals surface area contributed by atoms with Crippen molar-refractivity contribution in [2.24, 2.45) is 0 Å². The molecule has 27 heavy (non-hydrogen) atoms. The first kappa shape index (κ1) is 18.6. The number of esters is 1. The Labute approximate surface area is 161 Å². The Balaban J connectivity index is 1.67. The normalized spacial score (nSPS) is 10.4. The lowest BCUT2D eigenvalue weighted by Gasteiger charge is -2.08. The summed E-state index contributed by atoms with van der Waals surface area (Å²) in [4.78, 5) is 25.8. The molecule has 6 heteroatoms. The van der Waals surface area contributed by atoms with Crippen LogP contribution in [-0.2, 0) is 11.3 Å². The van der Waals surface area contributed by atoms with Crippen LogP contribution < -0.4 is 0 Å². The number of aryl methyl sites for hydroxylation is 1. The molecule has 0 unspecified atom stereocenters. The first-order valence-electron chi connectivity index (χ1n) is 8.39. The van der Waals surface area contributed by atoms with Crippen LogP contribution in [0.4, 0.5) is 0 Å². The summed E-state index contributed by atoms with van der Waals surface area (Å²) in [5.74, 6) is -0.817. The first-order chi connectivity index (χ1) is 13.0. The molecule has 3 rings (SSSR count). The Kier molecular flexibility index (Phi) is 5.53. The fraction of sp³-hybridized carbons (Fsp3) is 0.190. The van der Waals surface area contributed by atoms with Gasteiger partial charge in [-0.1, -0.05) is 6.07 Å². The summed E-state index contributed by atoms with van der Waals surface area (Å²) in [5.41, 5.74) is 3.19. The highest BCUT2D eigenvalue weighted by molar-refractivity contribution is 7.09. The van der Waals surface area contributed by atoms with Crippen molar-refractivity contribution in [1.29, 1.82) is 5.26 Å². The molecule has 3 aromatic rings. The van der Waals surface area contributed by atoms with E-state index in [2.05, 4.69) is 10.6 Å². The number of ketones is 1. The zero-order valence-corrected chi connectivity index (χ0v) is 15.9. The quantitative estimate of drug-likeness (QED) is 0.478. The molecule has 0 bridgehead atoms. The zero-order chi connectivity index (χ0) is 19.4. The molecule has 136 valence electrons. The van der Waals surface area contributed by atoms with E-state index in [1.54, 1.807) is 11.3 Å². The minimum absolute atomic E-state index is 0.234. The van der Waals surface area contributed by atoms with Gasteiger partial charge in [-0.05, 0) is 55.6 Å². The summed E-state index contributed by atoms with van der Waals surface area (Å²) in [7, 11) is 0. The maximum Gasteiger partial charge on any atom is 0.338 e. The average Bonchev–Trinajstić information content (AvgIpc) is 3.29. The number of benzene rings is 1. The molecular formula is C21H18N2O3S. The highest BCUT2D eigenvalue weighted by Crippen LogP contribution is 2.20. The molecule has 0 radical (unpaired) electrons. The number of carbonyl (C=O) groups excluding carboxylic acids is 2. The fourth-order valence-corrected chi connectivity index (χ4v) is 3.55. The highest BCUT2D eigenvalue weighted by atomic mass is 32.1. The van der Waals surface area contributed by atoms with Gasteiger partial charge in [0.1, 0.15) is 0 Å². The molecule has 0 N–H and O–H groups in total. The van der Waals surface area contributed by atoms with E-state index in [9.17, 15) is 9.59 Å². The summed E-state index contributed by atoms with van der Waals surface area (Å²) >= 11 is 1.67. The summed E-state index contributed by atoms with van der Waals surface area (Å²) in [6, 6.07) is 14.0. The second-order valence-corrected chi connectivity index (χ2v) is 7.17. The average molecular weight is 378 g/mol. The molecule has 0 aliphatic heterocycles. The lowest BCUT2D eigenvalue weighted by atomic mass is 10.1. The number of hydrogen-bond acceptors (Lipinski definition) is 5. The van der Waals surface area contributed by atoms with Crippen LogP contribution in [0.25, 0.3) is 0 Å². The van der Waals surface area contributed by atoms with Crippen molar-refractivity contribution in [2.75, 3.05) is 6.61 Å². The lowest BCUT2D eigenvalue weighted by molar-refractivity contribution is 0.0474. The molecule has 0 spiro atoms. The molecule has 0 saturated heterocycles. The fourth-order valence-electron chi connectivity index (χ4n) is 2.86. The topological polar surface area (TPSA) is 72.1 Å². The Morgan fingerprint density at radius 2 is 1.93 bits per heavy atom. The SMILES string of the molecule is Cc1cc(C(=O)COC(=O)c2ccc(C#N)cc2)c(C)n1Cc1cccs1. The molecule has 0 aliphatic rings. The van der Waals surface area contributed by atoms with Crippen molar-refractivity contribution in [3.63, 3.8) is 0 Å². The second-order valence-electron chi connectivity index (χ2n) is 6.14. The smallest absolute Gasteiger partial charge is 0.338 e. The Bertz CT molecular complexity index is 1010. The van der Waals surface area contributed by atoms with Crippen LogP contribution in [0.1, 0.15) is 42.5 Å². The van der Waals surface area contributed by atoms with Gasteiger partial charge in [-0.15, -0.1) is 11.3 Å². The van der Waals surface area contributed by atoms with Crippen LogP contribution in [0, 0.1) is 25.2 Å². The summed E-state index contributed by atoms with van der Waals surface area (Å²) in [6.07, 6.45) is 0. The third-order valence-corrected chi connectivity index (χ3v) is 5.21. The van der Waals surface area contributed by atoms with E-state index in [-0.39, 0.29) is 12.4 Å². The number of ether oxygens (including phenoxy) is 1. The second kappa shape index (κ2) is 8.02. The number of nitriles is 1. The molecule has 1 aromatic carbocycles. The molecular weight excluding hydrogens is 360 g/mol. The summed E-state index contributed by atoms with van der Waals surface area (Å²) < 4.78 is 7.23. The first-order valence-corrected chi connectivity index (χ1v) is 9.27. The van der Waals surface area contributed by atoms with E-state index in [4.69, 9.17) is 10.00 Å². The predicted molar refractivity (Wildman–Crippen MR) is 103 cm³/mol. The van der Waals surface area contributed by atoms with Crippen molar-refractivity contribution >= 4 is 23.1 Å². The minimum atomic E-state index is -0.583. The van der Waals surface area contributed by atoms with Gasteiger partial charge >= 0.3 is 5.97 Å². The van der Waals surface area contributed by atoms with Gasteiger partial charge in [0.15, 0.2) is 6.61 Å². The van der Waals surface area contributed by atoms with Crippen LogP contribution in [0.3, 0.4) is 0 Å². The predicted octanol–water partition coefficient (Wildman–Crippen LogP) is 4.13. The van der Waals surface area contributed by atoms with Crippen LogP contribution in [0.5, 0.6) is 0 Å². The van der Waals surface area contributed by atoms with Gasteiger partial charge in [0.2, 0.25) is 5.78 Å². The third kappa shape index (κ3) is 4.15. The number of aromatic nitrogens is 1. The van der Waals surface area contributed by atoms with E-state index < -0.39 is 5.97 Å². The van der Waals surface area contributed by atoms with Gasteiger partial charge < -0.3 is 9.30 Å². The largest absolute Gasteiger partial charge is 0.454 e. The molecule has 0 fully saturated rings. The van der Waals surface area contributed by atoms with Crippen LogP contribution >= 0.6 is 11.3 Å². The van der Waals surface area contributed by atoms with E-state index >= 15 is 0 Å². The van der Waals surface area contributed by atoms with Gasteiger partial charge in [-0.2, -0.15) is 5.26 Å². The maximum atomic E-state index is 12.5. The number of thiophene rings is 1. The molecule has 2 heterocycles. The van der Waals surface area contributed by atoms with E-state index in [1.165, 1.54) is 29.1 Å². The van der Waals surface area contributed by atoms with Crippen LogP contribution in [0.15, 0.2) is 47.8 Å². The van der Waals surface area contributed by atoms with Gasteiger partial charge in [-0.25, -0.2) is 4.79 Å². The molecule has 2 aromatic heterocycles. The highest BCUT2D eigenvalue weighted by Gasteiger charge is 2.18. The van der Waals surface area contributed by atoms with Gasteiger partial charge in [0.05, 0.1) is 23.7 Å². The Morgan fingerprint density at radius 3 is 2.56 bits per heavy atom. The van der Waals surface area contributed by atoms with Crippen molar-refractivity contribution < 1.29 is 14.3 Å². The van der Waals surface area contributed by atoms with Crippen molar-refractivity contribution in [3.8, 4) is 6.07 Å². The van der Waals surface area contributed by atoms with Crippen molar-refractivity contribution in [2.45, 2.75) is 20.4 Å². The number of rotatable bonds is 6. The molecule has 0 saturated carbocycles. The number of Topliss-reactive ketones (excluding diaryl/α,β-unsaturated/α-hetero) is 1. The minimum Gasteiger partial charge on any atom is -0.454 e. The summed E-state index contributed by atoms with van der Waals surface area (Å²) in [6.45, 7) is 4.26. The Hall–Kier alpha value is -3.17. The van der Waals surface area contributed by atoms with Crippen LogP contribution in [0.2, 0.25) is 0 Å². The summed E-state index contributed by atoms with van der Waals surface area (Å²) in [5, 5.41) is 10.8. The van der Waals surface area contributed by atoms with Crippen molar-refractivity contribution in [1.82, 2.24) is 4.57 Å². The standard InChI is InChI=1S/C21H18N2O3S/c1-14-10-19(15(2)23(14)12-18-4-3-9-27-18)20(24)13-26-21(25)17-7-5-16(11-22)6-8-17/h3-10H,12-13H2,1-2H3. The third-order valence-electron chi connectivity index (χ3n) is 4.35. The van der Waals surface area contributed by atoms with Gasteiger partial charge in [0, 0.05) is 21.8 Å². The number of nitrogens with zero attached hydrogens (tertiary/aromatic N) is 2. The maximum absolute atomic E-state index is 12.5. The number of carbonyl (C=O) groups is 2. The lowest BCUT2D eigenvalue weighted by Crippen LogP contribution is -2.15. The molecule has 0 aliphatic carbocycles. The molecule has 0 amide bonds. The van der Waals surface area contributed by atoms with E-state index in [0.29, 0.717) is 23.2 Å². The number of hydrogen-bond donors (Lipinski definition) is 0. The van der Waals surface area contributed by atoms with Gasteiger partial charge in [0.25, 0.3) is 0 Å². The molecule has 5 nitrogen and oxygen atoms in total. The van der Waals surface area contributed by atoms with Gasteiger partial charge in [-0.3, -0.25) is 4.79 Å². The Morgan fingerprint density at radius 1 is 1.19 bits per heavy atom. The van der Waals surface area contributed by atoms with Crippen LogP contribution in [-0.4, -0.2) is 22.9 Å². The van der Waals surface area contributed by atoms with E-state index in [1.807, 2.05) is 37.4 Å². The molecule has 0 atom stereocenters. The van der Waals surface area contributed by atoms with E-state index in [0.717, 1.165) is 11.4 Å². The zero-order valence-electron chi connectivity index (χ0n) is 15.1. The monoisotopic (exact) mass is 378 g/mol.